The lowest BCUT2D eigenvalue weighted by atomic mass is 9.98. The van der Waals surface area contributed by atoms with Crippen LogP contribution in [-0.4, -0.2) is 66.9 Å². The molecule has 1 aliphatic carbocycles. The number of benzene rings is 2. The first-order valence-corrected chi connectivity index (χ1v) is 11.9. The van der Waals surface area contributed by atoms with E-state index in [2.05, 4.69) is 29.6 Å². The number of fused-ring (bicyclic) bond motifs is 3. The summed E-state index contributed by atoms with van der Waals surface area (Å²) in [7, 11) is 1.45. The largest absolute Gasteiger partial charge is 0.481 e. The van der Waals surface area contributed by atoms with E-state index in [9.17, 15) is 19.5 Å². The van der Waals surface area contributed by atoms with Crippen LogP contribution in [0.3, 0.4) is 0 Å². The average Bonchev–Trinajstić information content (AvgIpc) is 3.42. The number of nitrogens with one attached hydrogen (secondary N) is 1. The number of carboxylic acids is 1. The second kappa shape index (κ2) is 10.5. The highest BCUT2D eigenvalue weighted by atomic mass is 16.5. The first kappa shape index (κ1) is 24.7. The molecule has 2 aromatic carbocycles. The van der Waals surface area contributed by atoms with Crippen molar-refractivity contribution in [3.05, 3.63) is 59.7 Å². The molecule has 186 valence electrons. The van der Waals surface area contributed by atoms with Crippen LogP contribution in [0.15, 0.2) is 48.5 Å². The monoisotopic (exact) mass is 480 g/mol. The van der Waals surface area contributed by atoms with Gasteiger partial charge in [-0.1, -0.05) is 62.4 Å². The van der Waals surface area contributed by atoms with E-state index in [0.29, 0.717) is 0 Å². The van der Waals surface area contributed by atoms with Gasteiger partial charge in [0.2, 0.25) is 5.91 Å². The van der Waals surface area contributed by atoms with E-state index in [1.807, 2.05) is 38.1 Å². The molecule has 8 nitrogen and oxygen atoms in total. The fourth-order valence-electron chi connectivity index (χ4n) is 5.02. The second-order valence-electron chi connectivity index (χ2n) is 9.54. The van der Waals surface area contributed by atoms with Gasteiger partial charge in [0, 0.05) is 38.6 Å². The number of amides is 2. The van der Waals surface area contributed by atoms with Crippen LogP contribution in [0.4, 0.5) is 4.79 Å². The van der Waals surface area contributed by atoms with Crippen molar-refractivity contribution in [2.24, 2.45) is 11.8 Å². The third-order valence-corrected chi connectivity index (χ3v) is 7.09. The number of carbonyl (C=O) groups excluding carboxylic acids is 2. The van der Waals surface area contributed by atoms with E-state index in [1.165, 1.54) is 12.0 Å². The summed E-state index contributed by atoms with van der Waals surface area (Å²) in [5.41, 5.74) is 4.57. The van der Waals surface area contributed by atoms with Crippen LogP contribution in [0.25, 0.3) is 11.1 Å². The van der Waals surface area contributed by atoms with Gasteiger partial charge in [-0.05, 0) is 28.2 Å². The second-order valence-corrected chi connectivity index (χ2v) is 9.54. The number of carbonyl (C=O) groups is 3. The zero-order valence-electron chi connectivity index (χ0n) is 20.3. The number of alkyl carbamates (subject to hydrolysis) is 1. The van der Waals surface area contributed by atoms with Crippen molar-refractivity contribution in [1.29, 1.82) is 0 Å². The maximum absolute atomic E-state index is 12.9. The van der Waals surface area contributed by atoms with Crippen LogP contribution in [0.2, 0.25) is 0 Å². The number of methoxy groups -OCH3 is 1. The Morgan fingerprint density at radius 2 is 1.63 bits per heavy atom. The molecule has 0 saturated carbocycles. The van der Waals surface area contributed by atoms with Gasteiger partial charge >= 0.3 is 12.1 Å². The Hall–Kier alpha value is -3.39. The summed E-state index contributed by atoms with van der Waals surface area (Å²) >= 11 is 0. The molecule has 35 heavy (non-hydrogen) atoms. The number of likely N-dealkylation sites (tertiary alicyclic amines) is 1. The van der Waals surface area contributed by atoms with Crippen LogP contribution in [0.1, 0.15) is 37.3 Å². The molecular weight excluding hydrogens is 448 g/mol. The number of hydrogen-bond donors (Lipinski definition) is 2. The molecule has 1 aliphatic heterocycles. The summed E-state index contributed by atoms with van der Waals surface area (Å²) in [6, 6.07) is 15.8. The average molecular weight is 481 g/mol. The molecule has 2 aromatic rings. The van der Waals surface area contributed by atoms with Gasteiger partial charge in [-0.2, -0.15) is 0 Å². The molecule has 1 saturated heterocycles. The number of ether oxygens (including phenoxy) is 2. The topological polar surface area (TPSA) is 105 Å². The van der Waals surface area contributed by atoms with Gasteiger partial charge < -0.3 is 24.8 Å². The Morgan fingerprint density at radius 1 is 1.03 bits per heavy atom. The number of rotatable bonds is 8. The molecule has 0 aromatic heterocycles. The van der Waals surface area contributed by atoms with Crippen LogP contribution >= 0.6 is 0 Å². The lowest BCUT2D eigenvalue weighted by Crippen LogP contribution is -2.43. The molecule has 2 unspecified atom stereocenters. The van der Waals surface area contributed by atoms with Crippen molar-refractivity contribution in [2.75, 3.05) is 26.8 Å². The van der Waals surface area contributed by atoms with Crippen molar-refractivity contribution < 1.29 is 29.0 Å². The Labute approximate surface area is 205 Å². The molecule has 2 aliphatic rings. The van der Waals surface area contributed by atoms with Gasteiger partial charge in [0.1, 0.15) is 12.5 Å². The minimum absolute atomic E-state index is 0.0180. The summed E-state index contributed by atoms with van der Waals surface area (Å²) in [4.78, 5) is 38.6. The van der Waals surface area contributed by atoms with Gasteiger partial charge in [-0.3, -0.25) is 9.59 Å². The smallest absolute Gasteiger partial charge is 0.407 e. The third kappa shape index (κ3) is 5.17. The Morgan fingerprint density at radius 3 is 2.14 bits per heavy atom. The van der Waals surface area contributed by atoms with E-state index in [4.69, 9.17) is 9.47 Å². The van der Waals surface area contributed by atoms with Crippen LogP contribution in [-0.2, 0) is 19.1 Å². The van der Waals surface area contributed by atoms with E-state index >= 15 is 0 Å². The zero-order chi connectivity index (χ0) is 25.1. The maximum Gasteiger partial charge on any atom is 0.407 e. The van der Waals surface area contributed by atoms with Crippen molar-refractivity contribution in [3.63, 3.8) is 0 Å². The molecule has 8 heteroatoms. The van der Waals surface area contributed by atoms with Gasteiger partial charge in [0.25, 0.3) is 0 Å². The lowest BCUT2D eigenvalue weighted by molar-refractivity contribution is -0.144. The molecule has 4 rings (SSSR count). The number of hydrogen-bond acceptors (Lipinski definition) is 5. The fraction of sp³-hybridized carbons (Fsp3) is 0.444. The Bertz CT molecular complexity index is 1060. The summed E-state index contributed by atoms with van der Waals surface area (Å²) < 4.78 is 10.9. The number of aliphatic carboxylic acids is 1. The predicted octanol–water partition coefficient (Wildman–Crippen LogP) is 3.50. The van der Waals surface area contributed by atoms with Gasteiger partial charge in [0.05, 0.1) is 6.10 Å². The van der Waals surface area contributed by atoms with Gasteiger partial charge in [0.15, 0.2) is 0 Å². The predicted molar refractivity (Wildman–Crippen MR) is 130 cm³/mol. The van der Waals surface area contributed by atoms with Crippen molar-refractivity contribution in [2.45, 2.75) is 38.3 Å². The van der Waals surface area contributed by atoms with Crippen molar-refractivity contribution in [1.82, 2.24) is 10.2 Å². The van der Waals surface area contributed by atoms with Crippen LogP contribution < -0.4 is 5.32 Å². The summed E-state index contributed by atoms with van der Waals surface area (Å²) in [5.74, 6) is -2.01. The lowest BCUT2D eigenvalue weighted by Gasteiger charge is -2.25. The maximum atomic E-state index is 12.9. The molecule has 0 radical (unpaired) electrons. The molecule has 3 atom stereocenters. The molecule has 1 fully saturated rings. The van der Waals surface area contributed by atoms with Crippen molar-refractivity contribution in [3.8, 4) is 11.1 Å². The summed E-state index contributed by atoms with van der Waals surface area (Å²) in [6.45, 7) is 4.36. The highest BCUT2D eigenvalue weighted by Crippen LogP contribution is 2.44. The molecular formula is C27H32N2O6. The van der Waals surface area contributed by atoms with Gasteiger partial charge in [-0.25, -0.2) is 4.79 Å². The molecule has 2 amide bonds. The normalized spacial score (nSPS) is 19.8. The first-order chi connectivity index (χ1) is 16.8. The molecule has 0 spiro atoms. The summed E-state index contributed by atoms with van der Waals surface area (Å²) in [5, 5.41) is 12.2. The molecule has 2 N–H and O–H groups in total. The number of nitrogens with zero attached hydrogens (tertiary/aromatic N) is 1. The third-order valence-electron chi connectivity index (χ3n) is 7.09. The fourth-order valence-corrected chi connectivity index (χ4v) is 5.02. The quantitative estimate of drug-likeness (QED) is 0.599. The van der Waals surface area contributed by atoms with E-state index in [-0.39, 0.29) is 43.9 Å². The highest BCUT2D eigenvalue weighted by Gasteiger charge is 2.40. The minimum Gasteiger partial charge on any atom is -0.481 e. The van der Waals surface area contributed by atoms with E-state index in [1.54, 1.807) is 0 Å². The van der Waals surface area contributed by atoms with E-state index < -0.39 is 30.1 Å². The van der Waals surface area contributed by atoms with E-state index in [0.717, 1.165) is 22.3 Å². The summed E-state index contributed by atoms with van der Waals surface area (Å²) in [6.07, 6.45) is -1.05. The zero-order valence-corrected chi connectivity index (χ0v) is 20.3. The Balaban J connectivity index is 1.36. The molecule has 1 heterocycles. The molecule has 0 bridgehead atoms. The van der Waals surface area contributed by atoms with Gasteiger partial charge in [-0.15, -0.1) is 0 Å². The Kier molecular flexibility index (Phi) is 7.40. The minimum atomic E-state index is -0.982. The van der Waals surface area contributed by atoms with Crippen LogP contribution in [0.5, 0.6) is 0 Å². The first-order valence-electron chi connectivity index (χ1n) is 11.9. The van der Waals surface area contributed by atoms with Crippen LogP contribution in [0, 0.1) is 11.8 Å². The SMILES string of the molecule is COC1CN(C(=O)C[C@@H](NC(=O)OCC2c3ccccc3-c3ccccc32)C(C)C)CC1C(=O)O. The highest BCUT2D eigenvalue weighted by molar-refractivity contribution is 5.81. The number of carboxylic acid groups (broad SMARTS) is 1. The van der Waals surface area contributed by atoms with Crippen molar-refractivity contribution >= 4 is 18.0 Å². The standard InChI is InChI=1S/C27H32N2O6/c1-16(2)23(12-25(30)29-13-21(26(31)32)24(14-29)34-3)28-27(33)35-15-22-19-10-6-4-8-17(19)18-9-5-7-11-20(18)22/h4-11,16,21-24H,12-15H2,1-3H3,(H,28,33)(H,31,32)/t21?,23-,24?/m1/s1.